The van der Waals surface area contributed by atoms with Gasteiger partial charge in [-0.1, -0.05) is 29.8 Å². The van der Waals surface area contributed by atoms with Gasteiger partial charge in [-0.05, 0) is 24.3 Å². The number of carbonyl (C=O) groups excluding carboxylic acids is 1. The van der Waals surface area contributed by atoms with E-state index in [9.17, 15) is 13.6 Å². The molecule has 2 N–H and O–H groups in total. The molecule has 98 valence electrons. The van der Waals surface area contributed by atoms with Gasteiger partial charge in [0.2, 0.25) is 0 Å². The second-order valence-corrected chi connectivity index (χ2v) is 4.06. The van der Waals surface area contributed by atoms with Crippen LogP contribution < -0.4 is 10.9 Å². The first kappa shape index (κ1) is 13.3. The molecule has 19 heavy (non-hydrogen) atoms. The third kappa shape index (κ3) is 3.00. The standard InChI is InChI=1S/C13H9ClF2N2O/c14-8-4-1-2-7-11(8)17-18-13(19)12-9(15)5-3-6-10(12)16/h1-7,17H,(H,18,19). The van der Waals surface area contributed by atoms with Crippen LogP contribution in [0.1, 0.15) is 10.4 Å². The van der Waals surface area contributed by atoms with E-state index in [1.807, 2.05) is 0 Å². The molecule has 0 heterocycles. The summed E-state index contributed by atoms with van der Waals surface area (Å²) < 4.78 is 26.7. The van der Waals surface area contributed by atoms with E-state index in [1.165, 1.54) is 6.07 Å². The molecule has 2 aromatic rings. The van der Waals surface area contributed by atoms with Gasteiger partial charge in [0.25, 0.3) is 5.91 Å². The Morgan fingerprint density at radius 2 is 1.63 bits per heavy atom. The minimum atomic E-state index is -0.932. The quantitative estimate of drug-likeness (QED) is 0.848. The number of hydrogen-bond acceptors (Lipinski definition) is 2. The second kappa shape index (κ2) is 5.67. The van der Waals surface area contributed by atoms with Crippen LogP contribution in [0.3, 0.4) is 0 Å². The maximum atomic E-state index is 13.4. The Labute approximate surface area is 113 Å². The molecule has 0 aliphatic heterocycles. The Bertz CT molecular complexity index is 599. The van der Waals surface area contributed by atoms with Crippen molar-refractivity contribution in [2.45, 2.75) is 0 Å². The molecular formula is C13H9ClF2N2O. The third-order valence-corrected chi connectivity index (χ3v) is 2.70. The van der Waals surface area contributed by atoms with E-state index in [4.69, 9.17) is 11.6 Å². The van der Waals surface area contributed by atoms with Gasteiger partial charge in [-0.15, -0.1) is 0 Å². The van der Waals surface area contributed by atoms with E-state index in [-0.39, 0.29) is 0 Å². The van der Waals surface area contributed by atoms with Crippen molar-refractivity contribution in [2.24, 2.45) is 0 Å². The first-order chi connectivity index (χ1) is 9.09. The predicted octanol–water partition coefficient (Wildman–Crippen LogP) is 3.38. The number of hydrogen-bond donors (Lipinski definition) is 2. The van der Waals surface area contributed by atoms with Gasteiger partial charge >= 0.3 is 0 Å². The number of hydrazine groups is 1. The van der Waals surface area contributed by atoms with Crippen molar-refractivity contribution in [2.75, 3.05) is 5.43 Å². The first-order valence-electron chi connectivity index (χ1n) is 5.34. The van der Waals surface area contributed by atoms with E-state index in [0.29, 0.717) is 10.7 Å². The van der Waals surface area contributed by atoms with Gasteiger partial charge in [-0.3, -0.25) is 15.6 Å². The lowest BCUT2D eigenvalue weighted by Gasteiger charge is -2.10. The van der Waals surface area contributed by atoms with Crippen molar-refractivity contribution in [1.82, 2.24) is 5.43 Å². The highest BCUT2D eigenvalue weighted by Crippen LogP contribution is 2.19. The van der Waals surface area contributed by atoms with E-state index in [0.717, 1.165) is 12.1 Å². The van der Waals surface area contributed by atoms with E-state index < -0.39 is 23.1 Å². The average molecular weight is 283 g/mol. The van der Waals surface area contributed by atoms with Gasteiger partial charge < -0.3 is 0 Å². The molecule has 1 amide bonds. The lowest BCUT2D eigenvalue weighted by molar-refractivity contribution is 0.0954. The zero-order chi connectivity index (χ0) is 13.8. The fourth-order valence-corrected chi connectivity index (χ4v) is 1.65. The summed E-state index contributed by atoms with van der Waals surface area (Å²) in [4.78, 5) is 11.7. The Morgan fingerprint density at radius 1 is 1.00 bits per heavy atom. The summed E-state index contributed by atoms with van der Waals surface area (Å²) in [5.74, 6) is -2.78. The van der Waals surface area contributed by atoms with E-state index >= 15 is 0 Å². The predicted molar refractivity (Wildman–Crippen MR) is 68.9 cm³/mol. The molecule has 0 unspecified atom stereocenters. The van der Waals surface area contributed by atoms with Crippen LogP contribution >= 0.6 is 11.6 Å². The topological polar surface area (TPSA) is 41.1 Å². The van der Waals surface area contributed by atoms with Gasteiger partial charge in [-0.25, -0.2) is 8.78 Å². The van der Waals surface area contributed by atoms with Crippen molar-refractivity contribution in [3.05, 3.63) is 64.7 Å². The summed E-state index contributed by atoms with van der Waals surface area (Å²) in [5.41, 5.74) is 4.46. The zero-order valence-corrected chi connectivity index (χ0v) is 10.3. The van der Waals surface area contributed by atoms with Gasteiger partial charge in [0.1, 0.15) is 17.2 Å². The summed E-state index contributed by atoms with van der Waals surface area (Å²) in [6.07, 6.45) is 0. The number of anilines is 1. The van der Waals surface area contributed by atoms with Crippen molar-refractivity contribution in [3.63, 3.8) is 0 Å². The maximum Gasteiger partial charge on any atom is 0.275 e. The zero-order valence-electron chi connectivity index (χ0n) is 9.58. The highest BCUT2D eigenvalue weighted by atomic mass is 35.5. The van der Waals surface area contributed by atoms with Crippen molar-refractivity contribution in [1.29, 1.82) is 0 Å². The van der Waals surface area contributed by atoms with E-state index in [1.54, 1.807) is 24.3 Å². The first-order valence-corrected chi connectivity index (χ1v) is 5.72. The minimum Gasteiger partial charge on any atom is -0.297 e. The summed E-state index contributed by atoms with van der Waals surface area (Å²) in [6, 6.07) is 9.83. The molecule has 0 saturated heterocycles. The molecule has 0 aliphatic rings. The molecule has 0 bridgehead atoms. The normalized spacial score (nSPS) is 10.1. The molecular weight excluding hydrogens is 274 g/mol. The SMILES string of the molecule is O=C(NNc1ccccc1Cl)c1c(F)cccc1F. The maximum absolute atomic E-state index is 13.4. The molecule has 2 aromatic carbocycles. The lowest BCUT2D eigenvalue weighted by Crippen LogP contribution is -2.31. The van der Waals surface area contributed by atoms with Crippen LogP contribution in [0.15, 0.2) is 42.5 Å². The molecule has 0 radical (unpaired) electrons. The highest BCUT2D eigenvalue weighted by molar-refractivity contribution is 6.33. The summed E-state index contributed by atoms with van der Waals surface area (Å²) in [5, 5.41) is 0.372. The van der Waals surface area contributed by atoms with Crippen LogP contribution in [-0.4, -0.2) is 5.91 Å². The summed E-state index contributed by atoms with van der Waals surface area (Å²) >= 11 is 5.85. The molecule has 2 rings (SSSR count). The largest absolute Gasteiger partial charge is 0.297 e. The summed E-state index contributed by atoms with van der Waals surface area (Å²) in [7, 11) is 0. The highest BCUT2D eigenvalue weighted by Gasteiger charge is 2.16. The van der Waals surface area contributed by atoms with Crippen LogP contribution in [0, 0.1) is 11.6 Å². The van der Waals surface area contributed by atoms with Crippen LogP contribution in [0.25, 0.3) is 0 Å². The Hall–Kier alpha value is -2.14. The molecule has 0 spiro atoms. The number of benzene rings is 2. The van der Waals surface area contributed by atoms with Crippen LogP contribution in [-0.2, 0) is 0 Å². The fourth-order valence-electron chi connectivity index (χ4n) is 1.46. The smallest absolute Gasteiger partial charge is 0.275 e. The van der Waals surface area contributed by atoms with Crippen molar-refractivity contribution < 1.29 is 13.6 Å². The van der Waals surface area contributed by atoms with Crippen molar-refractivity contribution >= 4 is 23.2 Å². The monoisotopic (exact) mass is 282 g/mol. The fraction of sp³-hybridized carbons (Fsp3) is 0. The van der Waals surface area contributed by atoms with Crippen molar-refractivity contribution in [3.8, 4) is 0 Å². The number of rotatable bonds is 3. The molecule has 0 aliphatic carbocycles. The molecule has 0 fully saturated rings. The van der Waals surface area contributed by atoms with Crippen LogP contribution in [0.2, 0.25) is 5.02 Å². The Morgan fingerprint density at radius 3 is 2.26 bits per heavy atom. The Kier molecular flexibility index (Phi) is 3.97. The van der Waals surface area contributed by atoms with Gasteiger partial charge in [0.15, 0.2) is 0 Å². The average Bonchev–Trinajstić information content (AvgIpc) is 2.37. The van der Waals surface area contributed by atoms with Crippen LogP contribution in [0.5, 0.6) is 0 Å². The van der Waals surface area contributed by atoms with E-state index in [2.05, 4.69) is 10.9 Å². The van der Waals surface area contributed by atoms with Gasteiger partial charge in [0.05, 0.1) is 10.7 Å². The molecule has 0 atom stereocenters. The minimum absolute atomic E-state index is 0.372. The summed E-state index contributed by atoms with van der Waals surface area (Å²) in [6.45, 7) is 0. The lowest BCUT2D eigenvalue weighted by atomic mass is 10.2. The number of amides is 1. The molecule has 3 nitrogen and oxygen atoms in total. The third-order valence-electron chi connectivity index (χ3n) is 2.37. The van der Waals surface area contributed by atoms with Gasteiger partial charge in [0, 0.05) is 0 Å². The number of para-hydroxylation sites is 1. The molecule has 0 aromatic heterocycles. The molecule has 0 saturated carbocycles. The Balaban J connectivity index is 2.13. The number of carbonyl (C=O) groups is 1. The number of nitrogens with one attached hydrogen (secondary N) is 2. The second-order valence-electron chi connectivity index (χ2n) is 3.66. The molecule has 6 heteroatoms. The number of halogens is 3. The van der Waals surface area contributed by atoms with Crippen LogP contribution in [0.4, 0.5) is 14.5 Å². The van der Waals surface area contributed by atoms with Gasteiger partial charge in [-0.2, -0.15) is 0 Å².